The largest absolute Gasteiger partial charge is 0.616 e. The lowest BCUT2D eigenvalue weighted by atomic mass is 9.93. The highest BCUT2D eigenvalue weighted by atomic mass is 32.2. The number of amides is 2. The van der Waals surface area contributed by atoms with Crippen molar-refractivity contribution in [2.45, 2.75) is 24.8 Å². The Balaban J connectivity index is 1.76. The minimum atomic E-state index is -0.754. The van der Waals surface area contributed by atoms with Gasteiger partial charge in [0.2, 0.25) is 5.91 Å². The zero-order chi connectivity index (χ0) is 15.7. The predicted octanol–water partition coefficient (Wildman–Crippen LogP) is 1.12. The molecule has 0 aromatic heterocycles. The molecular weight excluding hydrogens is 304 g/mol. The molecule has 0 aliphatic carbocycles. The number of ether oxygens (including phenoxy) is 1. The van der Waals surface area contributed by atoms with Crippen LogP contribution >= 0.6 is 0 Å². The van der Waals surface area contributed by atoms with E-state index in [9.17, 15) is 14.1 Å². The Bertz CT molecular complexity index is 569. The fourth-order valence-corrected chi connectivity index (χ4v) is 4.25. The summed E-state index contributed by atoms with van der Waals surface area (Å²) in [5, 5.41) is 0. The Hall–Kier alpha value is -1.73. The second-order valence-electron chi connectivity index (χ2n) is 5.58. The Labute approximate surface area is 131 Å². The van der Waals surface area contributed by atoms with Crippen molar-refractivity contribution in [3.8, 4) is 0 Å². The van der Waals surface area contributed by atoms with Crippen LogP contribution in [0.15, 0.2) is 24.3 Å². The normalized spacial score (nSPS) is 28.5. The summed E-state index contributed by atoms with van der Waals surface area (Å²) in [5.74, 6) is 1.32. The Morgan fingerprint density at radius 1 is 1.27 bits per heavy atom. The van der Waals surface area contributed by atoms with Crippen LogP contribution in [0.3, 0.4) is 0 Å². The number of carbonyl (C=O) groups excluding carboxylic acids is 2. The molecular formula is C15H18N2O4S. The first kappa shape index (κ1) is 15.2. The van der Waals surface area contributed by atoms with Crippen LogP contribution in [0.25, 0.3) is 0 Å². The topological polar surface area (TPSA) is 95.7 Å². The van der Waals surface area contributed by atoms with E-state index in [1.807, 2.05) is 24.3 Å². The van der Waals surface area contributed by atoms with Crippen molar-refractivity contribution in [3.05, 3.63) is 29.8 Å². The molecule has 22 heavy (non-hydrogen) atoms. The number of benzene rings is 1. The summed E-state index contributed by atoms with van der Waals surface area (Å²) in [6.45, 7) is -0.00957. The molecule has 6 nitrogen and oxygen atoms in total. The van der Waals surface area contributed by atoms with E-state index in [1.54, 1.807) is 0 Å². The maximum atomic E-state index is 11.8. The third-order valence-corrected chi connectivity index (χ3v) is 5.61. The van der Waals surface area contributed by atoms with Gasteiger partial charge in [0, 0.05) is 5.69 Å². The van der Waals surface area contributed by atoms with Gasteiger partial charge in [-0.1, -0.05) is 23.3 Å². The molecule has 0 saturated carbocycles. The van der Waals surface area contributed by atoms with Gasteiger partial charge in [-0.15, -0.1) is 0 Å². The highest BCUT2D eigenvalue weighted by Gasteiger charge is 2.38. The second-order valence-corrected chi connectivity index (χ2v) is 7.28. The zero-order valence-electron chi connectivity index (χ0n) is 12.1. The number of rotatable bonds is 3. The van der Waals surface area contributed by atoms with Gasteiger partial charge in [-0.2, -0.15) is 0 Å². The van der Waals surface area contributed by atoms with E-state index in [0.29, 0.717) is 11.6 Å². The van der Waals surface area contributed by atoms with Crippen molar-refractivity contribution in [1.29, 1.82) is 0 Å². The van der Waals surface area contributed by atoms with Gasteiger partial charge in [-0.05, 0) is 36.5 Å². The fraction of sp³-hybridized carbons (Fsp3) is 0.467. The number of carbonyl (C=O) groups is 2. The quantitative estimate of drug-likeness (QED) is 0.844. The summed E-state index contributed by atoms with van der Waals surface area (Å²) in [7, 11) is 0. The van der Waals surface area contributed by atoms with E-state index >= 15 is 0 Å². The number of primary amides is 1. The molecule has 1 aromatic rings. The Morgan fingerprint density at radius 2 is 1.91 bits per heavy atom. The van der Waals surface area contributed by atoms with Crippen LogP contribution in [0, 0.1) is 0 Å². The number of hydrogen-bond donors (Lipinski definition) is 1. The van der Waals surface area contributed by atoms with Gasteiger partial charge in [0.25, 0.3) is 0 Å². The van der Waals surface area contributed by atoms with Crippen LogP contribution in [0.5, 0.6) is 0 Å². The molecule has 2 amide bonds. The maximum absolute atomic E-state index is 11.8. The molecule has 0 bridgehead atoms. The molecule has 1 aromatic carbocycles. The molecule has 1 atom stereocenters. The Morgan fingerprint density at radius 3 is 2.50 bits per heavy atom. The van der Waals surface area contributed by atoms with Crippen LogP contribution in [0.4, 0.5) is 10.5 Å². The van der Waals surface area contributed by atoms with E-state index in [4.69, 9.17) is 10.5 Å². The summed E-state index contributed by atoms with van der Waals surface area (Å²) in [4.78, 5) is 24.5. The lowest BCUT2D eigenvalue weighted by Crippen LogP contribution is -2.43. The van der Waals surface area contributed by atoms with Crippen LogP contribution in [-0.2, 0) is 20.7 Å². The van der Waals surface area contributed by atoms with Crippen molar-refractivity contribution in [1.82, 2.24) is 0 Å². The lowest BCUT2D eigenvalue weighted by Gasteiger charge is -2.25. The number of cyclic esters (lactones) is 1. The minimum absolute atomic E-state index is 0.00957. The van der Waals surface area contributed by atoms with Gasteiger partial charge >= 0.3 is 6.09 Å². The summed E-state index contributed by atoms with van der Waals surface area (Å²) in [5.41, 5.74) is 7.08. The smallest absolute Gasteiger partial charge is 0.415 e. The summed E-state index contributed by atoms with van der Waals surface area (Å²) in [6, 6.07) is 6.78. The summed E-state index contributed by atoms with van der Waals surface area (Å²) >= 11 is -0.677. The maximum Gasteiger partial charge on any atom is 0.415 e. The van der Waals surface area contributed by atoms with Crippen LogP contribution in [0.1, 0.15) is 24.3 Å². The van der Waals surface area contributed by atoms with Gasteiger partial charge in [-0.25, -0.2) is 4.79 Å². The van der Waals surface area contributed by atoms with E-state index in [-0.39, 0.29) is 6.61 Å². The van der Waals surface area contributed by atoms with Crippen LogP contribution in [0.2, 0.25) is 0 Å². The van der Waals surface area contributed by atoms with E-state index in [0.717, 1.165) is 24.3 Å². The number of anilines is 1. The van der Waals surface area contributed by atoms with Crippen molar-refractivity contribution in [2.24, 2.45) is 5.73 Å². The monoisotopic (exact) mass is 322 g/mol. The third kappa shape index (κ3) is 2.91. The van der Waals surface area contributed by atoms with E-state index in [2.05, 4.69) is 0 Å². The van der Waals surface area contributed by atoms with Crippen molar-refractivity contribution >= 4 is 28.9 Å². The highest BCUT2D eigenvalue weighted by Crippen LogP contribution is 2.31. The first-order valence-corrected chi connectivity index (χ1v) is 8.75. The molecule has 3 rings (SSSR count). The molecule has 7 heteroatoms. The average molecular weight is 322 g/mol. The predicted molar refractivity (Wildman–Crippen MR) is 83.1 cm³/mol. The van der Waals surface area contributed by atoms with Crippen LogP contribution in [-0.4, -0.2) is 40.7 Å². The van der Waals surface area contributed by atoms with Gasteiger partial charge in [0.05, 0.1) is 0 Å². The first-order valence-electron chi connectivity index (χ1n) is 7.26. The second kappa shape index (κ2) is 6.18. The standard InChI is InChI=1S/C15H18N2O4S/c16-14(18)13-9-21-15(19)17(13)12-3-1-10(2-4-12)11-5-7-22(20)8-6-11/h1-4,11,13H,5-9H2,(H2,16,18)/t11-,13-,22+/m0/s1. The molecule has 2 N–H and O–H groups in total. The molecule has 0 radical (unpaired) electrons. The SMILES string of the molecule is NC(=O)[C@@H]1COC(=O)N1c1ccc([C@H]2CC[S@@+]([O-])CC2)cc1. The number of hydrogen-bond acceptors (Lipinski definition) is 4. The molecule has 2 saturated heterocycles. The fourth-order valence-electron chi connectivity index (χ4n) is 2.95. The van der Waals surface area contributed by atoms with E-state index < -0.39 is 29.2 Å². The third-order valence-electron chi connectivity index (χ3n) is 4.23. The zero-order valence-corrected chi connectivity index (χ0v) is 12.9. The van der Waals surface area contributed by atoms with Crippen LogP contribution < -0.4 is 10.6 Å². The van der Waals surface area contributed by atoms with E-state index in [1.165, 1.54) is 10.5 Å². The van der Waals surface area contributed by atoms with Gasteiger partial charge in [0.15, 0.2) is 6.04 Å². The molecule has 2 aliphatic heterocycles. The van der Waals surface area contributed by atoms with Crippen molar-refractivity contribution in [3.63, 3.8) is 0 Å². The van der Waals surface area contributed by atoms with Crippen molar-refractivity contribution < 1.29 is 18.9 Å². The van der Waals surface area contributed by atoms with Gasteiger partial charge in [-0.3, -0.25) is 9.69 Å². The average Bonchev–Trinajstić information content (AvgIpc) is 2.90. The number of nitrogens with zero attached hydrogens (tertiary/aromatic N) is 1. The highest BCUT2D eigenvalue weighted by molar-refractivity contribution is 7.91. The number of nitrogens with two attached hydrogens (primary N) is 1. The van der Waals surface area contributed by atoms with Crippen molar-refractivity contribution in [2.75, 3.05) is 23.0 Å². The first-order chi connectivity index (χ1) is 10.6. The molecule has 118 valence electrons. The van der Waals surface area contributed by atoms with Gasteiger partial charge < -0.3 is 15.0 Å². The molecule has 0 spiro atoms. The molecule has 2 heterocycles. The Kier molecular flexibility index (Phi) is 4.26. The summed E-state index contributed by atoms with van der Waals surface area (Å²) < 4.78 is 16.3. The summed E-state index contributed by atoms with van der Waals surface area (Å²) in [6.07, 6.45) is 1.29. The molecule has 0 unspecified atom stereocenters. The molecule has 2 fully saturated rings. The molecule has 2 aliphatic rings. The minimum Gasteiger partial charge on any atom is -0.616 e. The van der Waals surface area contributed by atoms with Gasteiger partial charge in [0.1, 0.15) is 18.1 Å². The lowest BCUT2D eigenvalue weighted by molar-refractivity contribution is -0.119.